The molecule has 0 aliphatic rings. The topological polar surface area (TPSA) is 81.2 Å². The Morgan fingerprint density at radius 3 is 2.71 bits per heavy atom. The highest BCUT2D eigenvalue weighted by atomic mass is 35.5. The van der Waals surface area contributed by atoms with Crippen LogP contribution in [0.15, 0.2) is 48.1 Å². The number of amides is 1. The van der Waals surface area contributed by atoms with Gasteiger partial charge >= 0.3 is 0 Å². The third-order valence-corrected chi connectivity index (χ3v) is 5.16. The zero-order chi connectivity index (χ0) is 19.9. The lowest BCUT2D eigenvalue weighted by Gasteiger charge is -2.08. The summed E-state index contributed by atoms with van der Waals surface area (Å²) in [5.74, 6) is 0.0388. The molecule has 0 saturated carbocycles. The number of Topliss-reactive ketones (excluding diaryl/α,β-unsaturated/α-hetero) is 1. The standard InChI is InChI=1S/C20H18ClN3O3S/c1-27-18-4-2-14(21)10-16(18)17(25)3-5-19(26)23-11-15-12-28-20(24-15)13-6-8-22-9-7-13/h2,4,6-10,12H,3,5,11H2,1H3,(H,23,26). The number of hydrogen-bond donors (Lipinski definition) is 1. The number of halogens is 1. The molecule has 0 aliphatic carbocycles. The highest BCUT2D eigenvalue weighted by Crippen LogP contribution is 2.25. The third kappa shape index (κ3) is 5.15. The summed E-state index contributed by atoms with van der Waals surface area (Å²) in [4.78, 5) is 33.0. The van der Waals surface area contributed by atoms with Crippen LogP contribution in [-0.4, -0.2) is 28.8 Å². The Morgan fingerprint density at radius 2 is 1.96 bits per heavy atom. The van der Waals surface area contributed by atoms with Crippen LogP contribution >= 0.6 is 22.9 Å². The van der Waals surface area contributed by atoms with Crippen molar-refractivity contribution < 1.29 is 14.3 Å². The van der Waals surface area contributed by atoms with Gasteiger partial charge in [0, 0.05) is 41.2 Å². The first-order valence-electron chi connectivity index (χ1n) is 8.55. The molecule has 6 nitrogen and oxygen atoms in total. The summed E-state index contributed by atoms with van der Waals surface area (Å²) in [5.41, 5.74) is 2.14. The molecular formula is C20H18ClN3O3S. The number of carbonyl (C=O) groups is 2. The Morgan fingerprint density at radius 1 is 1.18 bits per heavy atom. The van der Waals surface area contributed by atoms with E-state index in [2.05, 4.69) is 15.3 Å². The molecular weight excluding hydrogens is 398 g/mol. The number of thiazole rings is 1. The number of ketones is 1. The van der Waals surface area contributed by atoms with Crippen LogP contribution in [0.5, 0.6) is 5.75 Å². The van der Waals surface area contributed by atoms with E-state index in [4.69, 9.17) is 16.3 Å². The maximum Gasteiger partial charge on any atom is 0.220 e. The number of benzene rings is 1. The molecule has 0 unspecified atom stereocenters. The lowest BCUT2D eigenvalue weighted by Crippen LogP contribution is -2.23. The number of hydrogen-bond acceptors (Lipinski definition) is 6. The summed E-state index contributed by atoms with van der Waals surface area (Å²) in [6.45, 7) is 0.315. The Bertz CT molecular complexity index is 976. The van der Waals surface area contributed by atoms with Gasteiger partial charge in [0.25, 0.3) is 0 Å². The molecule has 2 heterocycles. The van der Waals surface area contributed by atoms with Crippen molar-refractivity contribution in [2.24, 2.45) is 0 Å². The second-order valence-corrected chi connectivity index (χ2v) is 7.22. The Balaban J connectivity index is 1.51. The van der Waals surface area contributed by atoms with E-state index in [1.807, 2.05) is 17.5 Å². The fourth-order valence-electron chi connectivity index (χ4n) is 2.55. The van der Waals surface area contributed by atoms with Gasteiger partial charge in [-0.1, -0.05) is 11.6 Å². The third-order valence-electron chi connectivity index (χ3n) is 3.99. The number of carbonyl (C=O) groups excluding carboxylic acids is 2. The Hall–Kier alpha value is -2.77. The van der Waals surface area contributed by atoms with Crippen molar-refractivity contribution in [1.29, 1.82) is 0 Å². The summed E-state index contributed by atoms with van der Waals surface area (Å²) in [7, 11) is 1.49. The van der Waals surface area contributed by atoms with Gasteiger partial charge in [-0.2, -0.15) is 0 Å². The number of methoxy groups -OCH3 is 1. The molecule has 28 heavy (non-hydrogen) atoms. The van der Waals surface area contributed by atoms with Gasteiger partial charge in [-0.3, -0.25) is 14.6 Å². The number of pyridine rings is 1. The van der Waals surface area contributed by atoms with Crippen molar-refractivity contribution in [2.75, 3.05) is 7.11 Å². The minimum atomic E-state index is -0.215. The fourth-order valence-corrected chi connectivity index (χ4v) is 3.55. The monoisotopic (exact) mass is 415 g/mol. The maximum absolute atomic E-state index is 12.4. The van der Waals surface area contributed by atoms with E-state index in [1.54, 1.807) is 30.6 Å². The zero-order valence-electron chi connectivity index (χ0n) is 15.1. The lowest BCUT2D eigenvalue weighted by atomic mass is 10.1. The Labute approximate surface area is 171 Å². The van der Waals surface area contributed by atoms with Crippen molar-refractivity contribution >= 4 is 34.6 Å². The van der Waals surface area contributed by atoms with Crippen LogP contribution < -0.4 is 10.1 Å². The second-order valence-electron chi connectivity index (χ2n) is 5.92. The van der Waals surface area contributed by atoms with Crippen LogP contribution in [0, 0.1) is 0 Å². The van der Waals surface area contributed by atoms with Gasteiger partial charge in [-0.15, -0.1) is 11.3 Å². The molecule has 0 saturated heterocycles. The van der Waals surface area contributed by atoms with Crippen molar-refractivity contribution in [3.63, 3.8) is 0 Å². The van der Waals surface area contributed by atoms with E-state index in [-0.39, 0.29) is 24.5 Å². The summed E-state index contributed by atoms with van der Waals surface area (Å²) in [6, 6.07) is 8.61. The molecule has 2 aromatic heterocycles. The first-order chi connectivity index (χ1) is 13.6. The number of rotatable bonds is 8. The first kappa shape index (κ1) is 20.0. The highest BCUT2D eigenvalue weighted by molar-refractivity contribution is 7.13. The molecule has 0 bridgehead atoms. The predicted octanol–water partition coefficient (Wildman–Crippen LogP) is 4.15. The molecule has 1 aromatic carbocycles. The van der Waals surface area contributed by atoms with Gasteiger partial charge in [0.05, 0.1) is 24.9 Å². The molecule has 144 valence electrons. The van der Waals surface area contributed by atoms with Crippen LogP contribution in [-0.2, 0) is 11.3 Å². The summed E-state index contributed by atoms with van der Waals surface area (Å²) >= 11 is 7.45. The van der Waals surface area contributed by atoms with E-state index in [0.29, 0.717) is 22.9 Å². The average molecular weight is 416 g/mol. The molecule has 0 radical (unpaired) electrons. The van der Waals surface area contributed by atoms with Crippen LogP contribution in [0.3, 0.4) is 0 Å². The average Bonchev–Trinajstić information content (AvgIpc) is 3.20. The van der Waals surface area contributed by atoms with E-state index in [9.17, 15) is 9.59 Å². The molecule has 1 N–H and O–H groups in total. The van der Waals surface area contributed by atoms with E-state index in [0.717, 1.165) is 16.3 Å². The van der Waals surface area contributed by atoms with Crippen LogP contribution in [0.4, 0.5) is 0 Å². The molecule has 3 aromatic rings. The molecule has 0 fully saturated rings. The van der Waals surface area contributed by atoms with Crippen molar-refractivity contribution in [3.8, 4) is 16.3 Å². The molecule has 0 aliphatic heterocycles. The van der Waals surface area contributed by atoms with Gasteiger partial charge in [0.15, 0.2) is 5.78 Å². The van der Waals surface area contributed by atoms with Crippen molar-refractivity contribution in [3.05, 3.63) is 64.4 Å². The van der Waals surface area contributed by atoms with E-state index in [1.165, 1.54) is 18.4 Å². The number of ether oxygens (including phenoxy) is 1. The quantitative estimate of drug-likeness (QED) is 0.559. The lowest BCUT2D eigenvalue weighted by molar-refractivity contribution is -0.121. The number of aromatic nitrogens is 2. The normalized spacial score (nSPS) is 10.5. The summed E-state index contributed by atoms with van der Waals surface area (Å²) in [6.07, 6.45) is 3.58. The predicted molar refractivity (Wildman–Crippen MR) is 109 cm³/mol. The van der Waals surface area contributed by atoms with E-state index >= 15 is 0 Å². The van der Waals surface area contributed by atoms with Gasteiger partial charge in [-0.25, -0.2) is 4.98 Å². The molecule has 1 amide bonds. The van der Waals surface area contributed by atoms with Crippen molar-refractivity contribution in [1.82, 2.24) is 15.3 Å². The van der Waals surface area contributed by atoms with Gasteiger partial charge < -0.3 is 10.1 Å². The van der Waals surface area contributed by atoms with Crippen LogP contribution in [0.25, 0.3) is 10.6 Å². The van der Waals surface area contributed by atoms with Crippen molar-refractivity contribution in [2.45, 2.75) is 19.4 Å². The second kappa shape index (κ2) is 9.43. The molecule has 0 atom stereocenters. The zero-order valence-corrected chi connectivity index (χ0v) is 16.7. The molecule has 3 rings (SSSR count). The molecule has 8 heteroatoms. The largest absolute Gasteiger partial charge is 0.496 e. The van der Waals surface area contributed by atoms with E-state index < -0.39 is 0 Å². The van der Waals surface area contributed by atoms with Crippen LogP contribution in [0.2, 0.25) is 5.02 Å². The minimum Gasteiger partial charge on any atom is -0.496 e. The first-order valence-corrected chi connectivity index (χ1v) is 9.81. The fraction of sp³-hybridized carbons (Fsp3) is 0.200. The van der Waals surface area contributed by atoms with Gasteiger partial charge in [0.2, 0.25) is 5.91 Å². The smallest absolute Gasteiger partial charge is 0.220 e. The van der Waals surface area contributed by atoms with Gasteiger partial charge in [0.1, 0.15) is 10.8 Å². The van der Waals surface area contributed by atoms with Gasteiger partial charge in [-0.05, 0) is 30.3 Å². The Kier molecular flexibility index (Phi) is 6.73. The number of nitrogens with zero attached hydrogens (tertiary/aromatic N) is 2. The molecule has 0 spiro atoms. The number of nitrogens with one attached hydrogen (secondary N) is 1. The summed E-state index contributed by atoms with van der Waals surface area (Å²) < 4.78 is 5.18. The minimum absolute atomic E-state index is 0.0713. The maximum atomic E-state index is 12.4. The van der Waals surface area contributed by atoms with Crippen LogP contribution in [0.1, 0.15) is 28.9 Å². The summed E-state index contributed by atoms with van der Waals surface area (Å²) in [5, 5.41) is 6.01. The SMILES string of the molecule is COc1ccc(Cl)cc1C(=O)CCC(=O)NCc1csc(-c2ccncc2)n1. The highest BCUT2D eigenvalue weighted by Gasteiger charge is 2.15.